The smallest absolute Gasteiger partial charge is 0.329 e. The second-order valence-corrected chi connectivity index (χ2v) is 7.98. The lowest BCUT2D eigenvalue weighted by atomic mass is 10.1. The van der Waals surface area contributed by atoms with E-state index in [1.54, 1.807) is 24.3 Å². The summed E-state index contributed by atoms with van der Waals surface area (Å²) in [6, 6.07) is 12.7. The maximum Gasteiger partial charge on any atom is 0.329 e. The minimum atomic E-state index is -0.882. The predicted octanol–water partition coefficient (Wildman–Crippen LogP) is 2.70. The van der Waals surface area contributed by atoms with Crippen molar-refractivity contribution in [2.24, 2.45) is 5.10 Å². The van der Waals surface area contributed by atoms with E-state index in [1.807, 2.05) is 45.9 Å². The molecular formula is C25H32N4O5. The van der Waals surface area contributed by atoms with Crippen molar-refractivity contribution < 1.29 is 23.9 Å². The number of para-hydroxylation sites is 1. The fourth-order valence-electron chi connectivity index (χ4n) is 2.99. The predicted molar refractivity (Wildman–Crippen MR) is 131 cm³/mol. The molecule has 182 valence electrons. The molecule has 2 aromatic rings. The summed E-state index contributed by atoms with van der Waals surface area (Å²) in [5.41, 5.74) is 5.52. The number of carbonyl (C=O) groups excluding carboxylic acids is 3. The topological polar surface area (TPSA) is 118 Å². The Kier molecular flexibility index (Phi) is 10.7. The monoisotopic (exact) mass is 468 g/mol. The van der Waals surface area contributed by atoms with Crippen LogP contribution in [0.3, 0.4) is 0 Å². The lowest BCUT2D eigenvalue weighted by Crippen LogP contribution is -2.38. The number of hydrogen-bond acceptors (Lipinski definition) is 6. The average molecular weight is 469 g/mol. The number of nitrogens with one attached hydrogen (secondary N) is 3. The van der Waals surface area contributed by atoms with Crippen molar-refractivity contribution in [2.75, 3.05) is 25.1 Å². The summed E-state index contributed by atoms with van der Waals surface area (Å²) in [6.45, 7) is 8.39. The van der Waals surface area contributed by atoms with Crippen molar-refractivity contribution in [1.82, 2.24) is 10.7 Å². The number of amides is 3. The van der Waals surface area contributed by atoms with Crippen LogP contribution < -0.4 is 20.8 Å². The molecule has 0 atom stereocenters. The third kappa shape index (κ3) is 9.83. The van der Waals surface area contributed by atoms with Gasteiger partial charge in [-0.05, 0) is 69.5 Å². The second kappa shape index (κ2) is 13.7. The molecule has 34 heavy (non-hydrogen) atoms. The van der Waals surface area contributed by atoms with Gasteiger partial charge >= 0.3 is 11.8 Å². The Hall–Kier alpha value is -3.72. The molecule has 2 aromatic carbocycles. The molecular weight excluding hydrogens is 436 g/mol. The first-order valence-electron chi connectivity index (χ1n) is 11.1. The van der Waals surface area contributed by atoms with Crippen molar-refractivity contribution in [1.29, 1.82) is 0 Å². The van der Waals surface area contributed by atoms with Gasteiger partial charge in [0, 0.05) is 24.4 Å². The molecule has 0 saturated heterocycles. The van der Waals surface area contributed by atoms with Gasteiger partial charge < -0.3 is 20.1 Å². The number of anilines is 1. The quantitative estimate of drug-likeness (QED) is 0.203. The Morgan fingerprint density at radius 2 is 1.74 bits per heavy atom. The Morgan fingerprint density at radius 1 is 1.03 bits per heavy atom. The van der Waals surface area contributed by atoms with Crippen molar-refractivity contribution in [2.45, 2.75) is 40.2 Å². The van der Waals surface area contributed by atoms with Gasteiger partial charge in [0.2, 0.25) is 0 Å². The summed E-state index contributed by atoms with van der Waals surface area (Å²) in [5.74, 6) is -1.56. The first kappa shape index (κ1) is 26.5. The van der Waals surface area contributed by atoms with Crippen molar-refractivity contribution >= 4 is 29.6 Å². The highest BCUT2D eigenvalue weighted by Gasteiger charge is 2.12. The molecule has 2 rings (SSSR count). The molecule has 0 radical (unpaired) electrons. The number of nitrogens with zero attached hydrogens (tertiary/aromatic N) is 1. The van der Waals surface area contributed by atoms with E-state index >= 15 is 0 Å². The second-order valence-electron chi connectivity index (χ2n) is 7.98. The highest BCUT2D eigenvalue weighted by molar-refractivity contribution is 6.35. The lowest BCUT2D eigenvalue weighted by Gasteiger charge is -2.10. The van der Waals surface area contributed by atoms with Crippen molar-refractivity contribution in [3.8, 4) is 5.75 Å². The van der Waals surface area contributed by atoms with Gasteiger partial charge in [0.05, 0.1) is 12.3 Å². The van der Waals surface area contributed by atoms with E-state index in [9.17, 15) is 14.4 Å². The Balaban J connectivity index is 1.82. The molecule has 9 heteroatoms. The van der Waals surface area contributed by atoms with Crippen LogP contribution in [0, 0.1) is 13.8 Å². The number of rotatable bonds is 11. The zero-order valence-electron chi connectivity index (χ0n) is 20.0. The Labute approximate surface area is 199 Å². The standard InChI is InChI=1S/C25H32N4O5/c1-17(2)33-11-7-10-26-24(31)25(32)29-27-15-20-8-5-6-9-22(20)34-16-23(30)28-21-13-18(3)12-19(4)14-21/h5-6,8-9,12-15,17H,7,10-11,16H2,1-4H3,(H,26,31)(H,28,30)(H,29,32)/b27-15-. The van der Waals surface area contributed by atoms with Gasteiger partial charge in [-0.3, -0.25) is 14.4 Å². The Bertz CT molecular complexity index is 1000. The molecule has 0 aliphatic rings. The van der Waals surface area contributed by atoms with Crippen LogP contribution in [-0.4, -0.2) is 49.8 Å². The molecule has 3 amide bonds. The number of hydrazone groups is 1. The van der Waals surface area contributed by atoms with Gasteiger partial charge in [-0.25, -0.2) is 5.43 Å². The summed E-state index contributed by atoms with van der Waals surface area (Å²) < 4.78 is 11.0. The molecule has 0 spiro atoms. The van der Waals surface area contributed by atoms with Crippen LogP contribution in [0.25, 0.3) is 0 Å². The van der Waals surface area contributed by atoms with Gasteiger partial charge in [0.1, 0.15) is 5.75 Å². The third-order valence-corrected chi connectivity index (χ3v) is 4.42. The van der Waals surface area contributed by atoms with Gasteiger partial charge in [-0.1, -0.05) is 18.2 Å². The van der Waals surface area contributed by atoms with E-state index in [2.05, 4.69) is 21.2 Å². The van der Waals surface area contributed by atoms with Crippen LogP contribution in [-0.2, 0) is 19.1 Å². The first-order valence-corrected chi connectivity index (χ1v) is 11.1. The van der Waals surface area contributed by atoms with Gasteiger partial charge in [0.15, 0.2) is 6.61 Å². The van der Waals surface area contributed by atoms with E-state index in [4.69, 9.17) is 9.47 Å². The fourth-order valence-corrected chi connectivity index (χ4v) is 2.99. The van der Waals surface area contributed by atoms with Gasteiger partial charge in [-0.2, -0.15) is 5.10 Å². The van der Waals surface area contributed by atoms with Crippen LogP contribution in [0.5, 0.6) is 5.75 Å². The summed E-state index contributed by atoms with van der Waals surface area (Å²) in [4.78, 5) is 36.0. The minimum absolute atomic E-state index is 0.118. The molecule has 3 N–H and O–H groups in total. The number of ether oxygens (including phenoxy) is 2. The maximum atomic E-state index is 12.3. The molecule has 0 unspecified atom stereocenters. The van der Waals surface area contributed by atoms with Crippen molar-refractivity contribution in [3.63, 3.8) is 0 Å². The van der Waals surface area contributed by atoms with Crippen LogP contribution in [0.1, 0.15) is 37.0 Å². The number of aryl methyl sites for hydroxylation is 2. The largest absolute Gasteiger partial charge is 0.483 e. The van der Waals surface area contributed by atoms with Gasteiger partial charge in [-0.15, -0.1) is 0 Å². The van der Waals surface area contributed by atoms with E-state index in [-0.39, 0.29) is 18.6 Å². The van der Waals surface area contributed by atoms with Crippen LogP contribution >= 0.6 is 0 Å². The van der Waals surface area contributed by atoms with Crippen molar-refractivity contribution in [3.05, 3.63) is 59.2 Å². The number of carbonyl (C=O) groups is 3. The molecule has 0 aliphatic heterocycles. The number of hydrogen-bond donors (Lipinski definition) is 3. The molecule has 0 heterocycles. The lowest BCUT2D eigenvalue weighted by molar-refractivity contribution is -0.139. The molecule has 9 nitrogen and oxygen atoms in total. The molecule has 0 fully saturated rings. The summed E-state index contributed by atoms with van der Waals surface area (Å²) >= 11 is 0. The number of benzene rings is 2. The minimum Gasteiger partial charge on any atom is -0.483 e. The highest BCUT2D eigenvalue weighted by Crippen LogP contribution is 2.17. The zero-order chi connectivity index (χ0) is 24.9. The molecule has 0 aromatic heterocycles. The molecule has 0 bridgehead atoms. The van der Waals surface area contributed by atoms with Crippen LogP contribution in [0.15, 0.2) is 47.6 Å². The average Bonchev–Trinajstić information content (AvgIpc) is 2.77. The molecule has 0 aliphatic carbocycles. The van der Waals surface area contributed by atoms with E-state index in [1.165, 1.54) is 6.21 Å². The third-order valence-electron chi connectivity index (χ3n) is 4.42. The first-order chi connectivity index (χ1) is 16.2. The van der Waals surface area contributed by atoms with E-state index in [0.717, 1.165) is 11.1 Å². The summed E-state index contributed by atoms with van der Waals surface area (Å²) in [7, 11) is 0. The summed E-state index contributed by atoms with van der Waals surface area (Å²) in [6.07, 6.45) is 2.06. The molecule has 0 saturated carbocycles. The fraction of sp³-hybridized carbons (Fsp3) is 0.360. The Morgan fingerprint density at radius 3 is 2.44 bits per heavy atom. The maximum absolute atomic E-state index is 12.3. The van der Waals surface area contributed by atoms with E-state index in [0.29, 0.717) is 36.6 Å². The van der Waals surface area contributed by atoms with Crippen LogP contribution in [0.2, 0.25) is 0 Å². The SMILES string of the molecule is Cc1cc(C)cc(NC(=O)COc2ccccc2/C=N\NC(=O)C(=O)NCCCOC(C)C)c1. The highest BCUT2D eigenvalue weighted by atomic mass is 16.5. The van der Waals surface area contributed by atoms with Gasteiger partial charge in [0.25, 0.3) is 5.91 Å². The van der Waals surface area contributed by atoms with E-state index < -0.39 is 11.8 Å². The normalized spacial score (nSPS) is 10.9. The van der Waals surface area contributed by atoms with Crippen LogP contribution in [0.4, 0.5) is 5.69 Å². The zero-order valence-corrected chi connectivity index (χ0v) is 20.0. The summed E-state index contributed by atoms with van der Waals surface area (Å²) in [5, 5.41) is 9.12.